The highest BCUT2D eigenvalue weighted by atomic mass is 16.4. The molecule has 1 heterocycles. The molecule has 1 aromatic carbocycles. The molecule has 1 aromatic heterocycles. The molecule has 4 N–H and O–H groups in total. The van der Waals surface area contributed by atoms with Gasteiger partial charge in [0.25, 0.3) is 0 Å². The molecule has 0 amide bonds. The van der Waals surface area contributed by atoms with E-state index in [1.807, 2.05) is 0 Å². The van der Waals surface area contributed by atoms with Crippen molar-refractivity contribution in [3.63, 3.8) is 0 Å². The number of carboxylic acid groups (broad SMARTS) is 2. The van der Waals surface area contributed by atoms with Gasteiger partial charge in [-0.15, -0.1) is 0 Å². The van der Waals surface area contributed by atoms with Gasteiger partial charge in [-0.25, -0.2) is 0 Å². The molecule has 0 bridgehead atoms. The summed E-state index contributed by atoms with van der Waals surface area (Å²) in [5.41, 5.74) is 0.827. The third kappa shape index (κ3) is 2.28. The van der Waals surface area contributed by atoms with E-state index in [1.165, 1.54) is 12.3 Å². The van der Waals surface area contributed by atoms with Gasteiger partial charge in [-0.3, -0.25) is 14.6 Å². The Morgan fingerprint density at radius 3 is 2.28 bits per heavy atom. The smallest absolute Gasteiger partial charge is 0.322 e. The van der Waals surface area contributed by atoms with Gasteiger partial charge < -0.3 is 15.7 Å². The van der Waals surface area contributed by atoms with E-state index in [0.29, 0.717) is 10.9 Å². The molecule has 2 aromatic rings. The molecular formula is C12H11NO5. The van der Waals surface area contributed by atoms with E-state index in [2.05, 4.69) is 4.98 Å². The zero-order valence-corrected chi connectivity index (χ0v) is 9.20. The van der Waals surface area contributed by atoms with Crippen molar-refractivity contribution < 1.29 is 25.3 Å². The Hall–Kier alpha value is -2.47. The van der Waals surface area contributed by atoms with Crippen molar-refractivity contribution in [3.8, 4) is 0 Å². The summed E-state index contributed by atoms with van der Waals surface area (Å²) in [4.78, 5) is 26.0. The van der Waals surface area contributed by atoms with E-state index < -0.39 is 17.9 Å². The van der Waals surface area contributed by atoms with Crippen LogP contribution in [-0.4, -0.2) is 32.6 Å². The first kappa shape index (κ1) is 13.6. The number of benzene rings is 1. The van der Waals surface area contributed by atoms with Crippen LogP contribution in [0.3, 0.4) is 0 Å². The molecule has 0 aliphatic carbocycles. The minimum Gasteiger partial charge on any atom is -0.480 e. The van der Waals surface area contributed by atoms with Crippen LogP contribution in [-0.2, 0) is 9.59 Å². The van der Waals surface area contributed by atoms with Gasteiger partial charge in [0.2, 0.25) is 0 Å². The quantitative estimate of drug-likeness (QED) is 0.774. The largest absolute Gasteiger partial charge is 0.480 e. The molecule has 6 nitrogen and oxygen atoms in total. The number of para-hydroxylation sites is 1. The Labute approximate surface area is 102 Å². The number of hydrogen-bond acceptors (Lipinski definition) is 3. The summed E-state index contributed by atoms with van der Waals surface area (Å²) in [6, 6.07) is 8.27. The lowest BCUT2D eigenvalue weighted by atomic mass is 9.96. The van der Waals surface area contributed by atoms with Crippen LogP contribution in [0.15, 0.2) is 36.5 Å². The summed E-state index contributed by atoms with van der Waals surface area (Å²) < 4.78 is 0. The lowest BCUT2D eigenvalue weighted by molar-refractivity contribution is -0.149. The molecule has 0 saturated carbocycles. The second-order valence-electron chi connectivity index (χ2n) is 3.53. The molecule has 0 radical (unpaired) electrons. The third-order valence-electron chi connectivity index (χ3n) is 2.49. The average molecular weight is 249 g/mol. The maximum absolute atomic E-state index is 11.0. The summed E-state index contributed by atoms with van der Waals surface area (Å²) in [6.07, 6.45) is 1.41. The molecule has 0 fully saturated rings. The lowest BCUT2D eigenvalue weighted by Gasteiger charge is -2.10. The van der Waals surface area contributed by atoms with E-state index in [1.54, 1.807) is 24.3 Å². The number of carboxylic acids is 2. The molecule has 0 aliphatic rings. The number of fused-ring (bicyclic) bond motifs is 1. The molecule has 0 saturated heterocycles. The van der Waals surface area contributed by atoms with Crippen LogP contribution in [0.4, 0.5) is 0 Å². The first-order valence-corrected chi connectivity index (χ1v) is 4.90. The first-order chi connectivity index (χ1) is 8.11. The SMILES string of the molecule is O.O=C(O)C(C(=O)O)c1ccnc2ccccc12. The zero-order chi connectivity index (χ0) is 12.4. The van der Waals surface area contributed by atoms with E-state index in [0.717, 1.165) is 0 Å². The summed E-state index contributed by atoms with van der Waals surface area (Å²) in [5.74, 6) is -4.33. The Morgan fingerprint density at radius 1 is 1.06 bits per heavy atom. The van der Waals surface area contributed by atoms with Gasteiger partial charge in [0.1, 0.15) is 0 Å². The summed E-state index contributed by atoms with van der Waals surface area (Å²) >= 11 is 0. The second-order valence-corrected chi connectivity index (χ2v) is 3.53. The highest BCUT2D eigenvalue weighted by Crippen LogP contribution is 2.24. The normalized spacial score (nSPS) is 10.1. The number of hydrogen-bond donors (Lipinski definition) is 2. The Kier molecular flexibility index (Phi) is 3.96. The van der Waals surface area contributed by atoms with Crippen LogP contribution in [0.1, 0.15) is 11.5 Å². The molecule has 0 atom stereocenters. The standard InChI is InChI=1S/C12H9NO4.H2O/c14-11(15)10(12(16)17)8-5-6-13-9-4-2-1-3-7(8)9;/h1-6,10H,(H,14,15)(H,16,17);1H2. The van der Waals surface area contributed by atoms with Crippen molar-refractivity contribution in [1.82, 2.24) is 4.98 Å². The van der Waals surface area contributed by atoms with Crippen LogP contribution >= 0.6 is 0 Å². The molecule has 94 valence electrons. The maximum Gasteiger partial charge on any atom is 0.322 e. The number of aromatic nitrogens is 1. The fourth-order valence-corrected chi connectivity index (χ4v) is 1.74. The van der Waals surface area contributed by atoms with Crippen molar-refractivity contribution in [2.24, 2.45) is 0 Å². The van der Waals surface area contributed by atoms with Crippen molar-refractivity contribution in [3.05, 3.63) is 42.1 Å². The first-order valence-electron chi connectivity index (χ1n) is 4.90. The third-order valence-corrected chi connectivity index (χ3v) is 2.49. The number of rotatable bonds is 3. The number of aliphatic carboxylic acids is 2. The molecule has 18 heavy (non-hydrogen) atoms. The van der Waals surface area contributed by atoms with E-state index >= 15 is 0 Å². The van der Waals surface area contributed by atoms with Crippen LogP contribution < -0.4 is 0 Å². The number of pyridine rings is 1. The average Bonchev–Trinajstić information content (AvgIpc) is 2.28. The highest BCUT2D eigenvalue weighted by Gasteiger charge is 2.29. The van der Waals surface area contributed by atoms with Gasteiger partial charge in [-0.1, -0.05) is 18.2 Å². The highest BCUT2D eigenvalue weighted by molar-refractivity contribution is 6.02. The summed E-state index contributed by atoms with van der Waals surface area (Å²) in [6.45, 7) is 0. The molecule has 0 aliphatic heterocycles. The second kappa shape index (κ2) is 5.24. The van der Waals surface area contributed by atoms with E-state index in [9.17, 15) is 9.59 Å². The van der Waals surface area contributed by atoms with Gasteiger partial charge in [0.05, 0.1) is 5.52 Å². The fraction of sp³-hybridized carbons (Fsp3) is 0.0833. The van der Waals surface area contributed by atoms with Crippen molar-refractivity contribution >= 4 is 22.8 Å². The Balaban J connectivity index is 0.00000162. The topological polar surface area (TPSA) is 119 Å². The van der Waals surface area contributed by atoms with Crippen molar-refractivity contribution in [2.45, 2.75) is 5.92 Å². The molecule has 6 heteroatoms. The monoisotopic (exact) mass is 249 g/mol. The molecule has 0 unspecified atom stereocenters. The zero-order valence-electron chi connectivity index (χ0n) is 9.20. The van der Waals surface area contributed by atoms with Crippen LogP contribution in [0.5, 0.6) is 0 Å². The Bertz CT molecular complexity index is 577. The summed E-state index contributed by atoms with van der Waals surface area (Å²) in [5, 5.41) is 18.5. The van der Waals surface area contributed by atoms with E-state index in [-0.39, 0.29) is 11.0 Å². The van der Waals surface area contributed by atoms with Crippen LogP contribution in [0.2, 0.25) is 0 Å². The summed E-state index contributed by atoms with van der Waals surface area (Å²) in [7, 11) is 0. The van der Waals surface area contributed by atoms with Gasteiger partial charge in [0.15, 0.2) is 5.92 Å². The van der Waals surface area contributed by atoms with Gasteiger partial charge in [0, 0.05) is 11.6 Å². The molecule has 0 spiro atoms. The number of carbonyl (C=O) groups is 2. The van der Waals surface area contributed by atoms with Crippen LogP contribution in [0, 0.1) is 0 Å². The lowest BCUT2D eigenvalue weighted by Crippen LogP contribution is -2.21. The maximum atomic E-state index is 11.0. The predicted molar refractivity (Wildman–Crippen MR) is 63.4 cm³/mol. The minimum absolute atomic E-state index is 0. The van der Waals surface area contributed by atoms with E-state index in [4.69, 9.17) is 10.2 Å². The van der Waals surface area contributed by atoms with Gasteiger partial charge >= 0.3 is 11.9 Å². The van der Waals surface area contributed by atoms with Crippen molar-refractivity contribution in [2.75, 3.05) is 0 Å². The minimum atomic E-state index is -1.57. The predicted octanol–water partition coefficient (Wildman–Crippen LogP) is 0.663. The fourth-order valence-electron chi connectivity index (χ4n) is 1.74. The molecule has 2 rings (SSSR count). The van der Waals surface area contributed by atoms with Gasteiger partial charge in [-0.05, 0) is 17.7 Å². The van der Waals surface area contributed by atoms with Crippen molar-refractivity contribution in [1.29, 1.82) is 0 Å². The van der Waals surface area contributed by atoms with Gasteiger partial charge in [-0.2, -0.15) is 0 Å². The number of nitrogens with zero attached hydrogens (tertiary/aromatic N) is 1. The van der Waals surface area contributed by atoms with Crippen LogP contribution in [0.25, 0.3) is 10.9 Å². The molecular weight excluding hydrogens is 238 g/mol. The Morgan fingerprint density at radius 2 is 1.67 bits per heavy atom.